The Morgan fingerprint density at radius 2 is 1.65 bits per heavy atom. The predicted octanol–water partition coefficient (Wildman–Crippen LogP) is 3.45. The fourth-order valence-electron chi connectivity index (χ4n) is 8.31. The minimum Gasteiger partial charge on any atom is -0.444 e. The van der Waals surface area contributed by atoms with Gasteiger partial charge in [-0.2, -0.15) is 5.10 Å². The van der Waals surface area contributed by atoms with Crippen molar-refractivity contribution in [1.82, 2.24) is 39.7 Å². The second kappa shape index (κ2) is 15.5. The molecule has 276 valence electrons. The van der Waals surface area contributed by atoms with Gasteiger partial charge in [0.1, 0.15) is 6.04 Å². The molecule has 0 bridgehead atoms. The Morgan fingerprint density at radius 1 is 0.923 bits per heavy atom. The number of piperidine rings is 2. The number of hydrogen-bond donors (Lipinski definition) is 2. The Hall–Kier alpha value is -4.75. The Labute approximate surface area is 303 Å². The minimum absolute atomic E-state index is 0.0549. The SMILES string of the molecule is CC(=O)OCn1c(=O)c(C2CCN(C(=O)NC(Cc3cc(C)c4[nH]ncc4c3)C(=O)N3CCN(C4CCN(C)CC4)CC3)CC2)cc2ccccc21. The molecule has 1 atom stereocenters. The fourth-order valence-corrected chi connectivity index (χ4v) is 8.31. The van der Waals surface area contributed by atoms with Crippen molar-refractivity contribution in [3.8, 4) is 0 Å². The number of aromatic amines is 1. The zero-order chi connectivity index (χ0) is 36.4. The first-order valence-electron chi connectivity index (χ1n) is 18.6. The van der Waals surface area contributed by atoms with E-state index in [1.165, 1.54) is 11.5 Å². The van der Waals surface area contributed by atoms with Crippen molar-refractivity contribution in [3.63, 3.8) is 0 Å². The number of benzene rings is 2. The number of nitrogens with zero attached hydrogens (tertiary/aromatic N) is 6. The third-order valence-corrected chi connectivity index (χ3v) is 11.3. The maximum absolute atomic E-state index is 14.2. The highest BCUT2D eigenvalue weighted by atomic mass is 16.5. The molecule has 13 nitrogen and oxygen atoms in total. The lowest BCUT2D eigenvalue weighted by Gasteiger charge is -2.43. The largest absolute Gasteiger partial charge is 0.444 e. The van der Waals surface area contributed by atoms with Gasteiger partial charge in [0.2, 0.25) is 5.91 Å². The number of amides is 3. The molecule has 52 heavy (non-hydrogen) atoms. The summed E-state index contributed by atoms with van der Waals surface area (Å²) in [6.45, 7) is 9.26. The number of aryl methyl sites for hydroxylation is 1. The van der Waals surface area contributed by atoms with Crippen LogP contribution in [-0.4, -0.2) is 124 Å². The first-order valence-corrected chi connectivity index (χ1v) is 18.6. The molecule has 0 radical (unpaired) electrons. The van der Waals surface area contributed by atoms with Crippen molar-refractivity contribution in [1.29, 1.82) is 0 Å². The van der Waals surface area contributed by atoms with Gasteiger partial charge in [0, 0.05) is 69.6 Å². The monoisotopic (exact) mass is 710 g/mol. The molecule has 0 spiro atoms. The van der Waals surface area contributed by atoms with E-state index in [9.17, 15) is 19.2 Å². The van der Waals surface area contributed by atoms with Crippen LogP contribution in [0.1, 0.15) is 55.2 Å². The number of hydrogen-bond acceptors (Lipinski definition) is 8. The average molecular weight is 711 g/mol. The molecule has 2 aromatic heterocycles. The summed E-state index contributed by atoms with van der Waals surface area (Å²) >= 11 is 0. The van der Waals surface area contributed by atoms with E-state index in [-0.39, 0.29) is 30.1 Å². The highest BCUT2D eigenvalue weighted by molar-refractivity contribution is 5.88. The number of carbonyl (C=O) groups is 3. The highest BCUT2D eigenvalue weighted by Crippen LogP contribution is 2.29. The Kier molecular flexibility index (Phi) is 10.6. The number of fused-ring (bicyclic) bond motifs is 2. The van der Waals surface area contributed by atoms with Crippen LogP contribution in [0.4, 0.5) is 4.79 Å². The summed E-state index contributed by atoms with van der Waals surface area (Å²) in [7, 11) is 2.17. The molecule has 4 aromatic rings. The van der Waals surface area contributed by atoms with Crippen LogP contribution in [0.5, 0.6) is 0 Å². The lowest BCUT2D eigenvalue weighted by atomic mass is 9.89. The molecular formula is C39H50N8O5. The Balaban J connectivity index is 1.04. The van der Waals surface area contributed by atoms with Gasteiger partial charge in [-0.15, -0.1) is 0 Å². The van der Waals surface area contributed by atoms with E-state index in [0.717, 1.165) is 66.4 Å². The van der Waals surface area contributed by atoms with Gasteiger partial charge in [-0.1, -0.05) is 24.3 Å². The van der Waals surface area contributed by atoms with E-state index in [0.29, 0.717) is 62.6 Å². The molecular weight excluding hydrogens is 660 g/mol. The summed E-state index contributed by atoms with van der Waals surface area (Å²) in [6.07, 6.45) is 5.66. The molecule has 3 aliphatic rings. The normalized spacial score (nSPS) is 18.9. The van der Waals surface area contributed by atoms with Gasteiger partial charge in [-0.25, -0.2) is 4.79 Å². The molecule has 0 aliphatic carbocycles. The van der Waals surface area contributed by atoms with Crippen molar-refractivity contribution >= 4 is 39.7 Å². The van der Waals surface area contributed by atoms with E-state index in [1.807, 2.05) is 48.2 Å². The standard InChI is InChI=1S/C39H50N8O5/c1-26-20-28(21-31-24-40-42-36(26)31)22-34(38(50)45-18-16-44(17-19-45)32-10-12-43(3)13-11-32)41-39(51)46-14-8-29(9-15-46)33-23-30-6-4-5-7-35(30)47(37(33)49)25-52-27(2)48/h4-7,20-21,23-24,29,32,34H,8-19,22,25H2,1-3H3,(H,40,42)(H,41,51). The lowest BCUT2D eigenvalue weighted by Crippen LogP contribution is -2.59. The van der Waals surface area contributed by atoms with Gasteiger partial charge in [0.05, 0.1) is 17.2 Å². The summed E-state index contributed by atoms with van der Waals surface area (Å²) in [5.74, 6) is -0.571. The van der Waals surface area contributed by atoms with E-state index in [1.54, 1.807) is 11.1 Å². The fraction of sp³-hybridized carbons (Fsp3) is 0.513. The van der Waals surface area contributed by atoms with Gasteiger partial charge >= 0.3 is 12.0 Å². The molecule has 3 amide bonds. The molecule has 1 unspecified atom stereocenters. The van der Waals surface area contributed by atoms with Gasteiger partial charge < -0.3 is 24.8 Å². The van der Waals surface area contributed by atoms with E-state index >= 15 is 0 Å². The van der Waals surface area contributed by atoms with Gasteiger partial charge in [-0.3, -0.25) is 28.9 Å². The van der Waals surface area contributed by atoms with Gasteiger partial charge in [0.25, 0.3) is 5.56 Å². The van der Waals surface area contributed by atoms with Gasteiger partial charge in [-0.05, 0) is 93.4 Å². The van der Waals surface area contributed by atoms with E-state index in [2.05, 4.69) is 38.4 Å². The van der Waals surface area contributed by atoms with Crippen LogP contribution >= 0.6 is 0 Å². The van der Waals surface area contributed by atoms with E-state index < -0.39 is 12.0 Å². The summed E-state index contributed by atoms with van der Waals surface area (Å²) in [5, 5.41) is 12.2. The van der Waals surface area contributed by atoms with Crippen molar-refractivity contribution in [2.24, 2.45) is 0 Å². The molecule has 0 saturated carbocycles. The zero-order valence-corrected chi connectivity index (χ0v) is 30.5. The summed E-state index contributed by atoms with van der Waals surface area (Å²) in [5.41, 5.74) is 4.15. The summed E-state index contributed by atoms with van der Waals surface area (Å²) in [6, 6.07) is 13.2. The number of nitrogens with one attached hydrogen (secondary N) is 2. The van der Waals surface area contributed by atoms with Crippen LogP contribution in [0.2, 0.25) is 0 Å². The number of para-hydroxylation sites is 1. The average Bonchev–Trinajstić information content (AvgIpc) is 3.64. The molecule has 5 heterocycles. The Morgan fingerprint density at radius 3 is 2.38 bits per heavy atom. The van der Waals surface area contributed by atoms with Crippen LogP contribution < -0.4 is 10.9 Å². The number of rotatable bonds is 8. The number of pyridine rings is 1. The maximum Gasteiger partial charge on any atom is 0.318 e. The third-order valence-electron chi connectivity index (χ3n) is 11.3. The number of likely N-dealkylation sites (tertiary alicyclic amines) is 2. The smallest absolute Gasteiger partial charge is 0.318 e. The minimum atomic E-state index is -0.724. The molecule has 3 saturated heterocycles. The molecule has 2 N–H and O–H groups in total. The van der Waals surface area contributed by atoms with Crippen LogP contribution in [0.15, 0.2) is 53.5 Å². The van der Waals surface area contributed by atoms with Crippen molar-refractivity contribution in [2.45, 2.75) is 70.7 Å². The highest BCUT2D eigenvalue weighted by Gasteiger charge is 2.34. The van der Waals surface area contributed by atoms with Crippen LogP contribution in [-0.2, 0) is 27.5 Å². The summed E-state index contributed by atoms with van der Waals surface area (Å²) < 4.78 is 6.74. The van der Waals surface area contributed by atoms with Gasteiger partial charge in [0.15, 0.2) is 6.73 Å². The zero-order valence-electron chi connectivity index (χ0n) is 30.5. The summed E-state index contributed by atoms with van der Waals surface area (Å²) in [4.78, 5) is 62.0. The molecule has 2 aromatic carbocycles. The molecule has 3 aliphatic heterocycles. The number of urea groups is 1. The maximum atomic E-state index is 14.2. The molecule has 3 fully saturated rings. The second-order valence-corrected chi connectivity index (χ2v) is 14.8. The number of H-pyrrole nitrogens is 1. The number of esters is 1. The third kappa shape index (κ3) is 7.70. The number of carbonyl (C=O) groups excluding carboxylic acids is 3. The lowest BCUT2D eigenvalue weighted by molar-refractivity contribution is -0.144. The molecule has 7 rings (SSSR count). The number of ether oxygens (including phenoxy) is 1. The second-order valence-electron chi connectivity index (χ2n) is 14.8. The number of aromatic nitrogens is 3. The van der Waals surface area contributed by atoms with Crippen LogP contribution in [0.3, 0.4) is 0 Å². The van der Waals surface area contributed by atoms with Crippen molar-refractivity contribution in [3.05, 3.63) is 75.7 Å². The number of piperazine rings is 1. The van der Waals surface area contributed by atoms with E-state index in [4.69, 9.17) is 4.74 Å². The van der Waals surface area contributed by atoms with Crippen molar-refractivity contribution in [2.75, 3.05) is 59.4 Å². The first-order chi connectivity index (χ1) is 25.1. The molecule has 13 heteroatoms. The quantitative estimate of drug-likeness (QED) is 0.266. The van der Waals surface area contributed by atoms with Crippen LogP contribution in [0.25, 0.3) is 21.8 Å². The topological polar surface area (TPSA) is 136 Å². The van der Waals surface area contributed by atoms with Crippen molar-refractivity contribution < 1.29 is 19.1 Å². The first kappa shape index (κ1) is 35.6. The predicted molar refractivity (Wildman–Crippen MR) is 199 cm³/mol. The van der Waals surface area contributed by atoms with Crippen LogP contribution in [0, 0.1) is 6.92 Å². The Bertz CT molecular complexity index is 1980.